The van der Waals surface area contributed by atoms with E-state index in [4.69, 9.17) is 4.74 Å². The molecule has 1 heterocycles. The van der Waals surface area contributed by atoms with Crippen LogP contribution in [0.1, 0.15) is 20.8 Å². The van der Waals surface area contributed by atoms with Gasteiger partial charge in [-0.1, -0.05) is 13.8 Å². The number of hydrogen-bond donors (Lipinski definition) is 1. The normalized spacial score (nSPS) is 12.3. The van der Waals surface area contributed by atoms with Gasteiger partial charge in [-0.25, -0.2) is 0 Å². The van der Waals surface area contributed by atoms with Gasteiger partial charge in [-0.2, -0.15) is 4.98 Å². The highest BCUT2D eigenvalue weighted by Crippen LogP contribution is 2.27. The van der Waals surface area contributed by atoms with Crippen LogP contribution in [0.25, 0.3) is 0 Å². The van der Waals surface area contributed by atoms with Gasteiger partial charge >= 0.3 is 5.69 Å². The fourth-order valence-electron chi connectivity index (χ4n) is 1.11. The second-order valence-electron chi connectivity index (χ2n) is 4.09. The molecule has 0 aliphatic heterocycles. The number of ether oxygens (including phenoxy) is 1. The van der Waals surface area contributed by atoms with Crippen LogP contribution >= 0.6 is 0 Å². The first-order valence-corrected chi connectivity index (χ1v) is 5.45. The Balaban J connectivity index is 3.05. The summed E-state index contributed by atoms with van der Waals surface area (Å²) in [5.41, 5.74) is -0.114. The first kappa shape index (κ1) is 13.2. The van der Waals surface area contributed by atoms with E-state index in [1.165, 1.54) is 6.07 Å². The molecule has 0 amide bonds. The van der Waals surface area contributed by atoms with Crippen molar-refractivity contribution in [2.45, 2.75) is 26.9 Å². The zero-order chi connectivity index (χ0) is 13.0. The molecule has 0 spiro atoms. The summed E-state index contributed by atoms with van der Waals surface area (Å²) in [6, 6.07) is 2.94. The van der Waals surface area contributed by atoms with Crippen LogP contribution in [0.5, 0.6) is 5.88 Å². The van der Waals surface area contributed by atoms with Crippen LogP contribution in [-0.4, -0.2) is 23.1 Å². The predicted octanol–water partition coefficient (Wildman–Crippen LogP) is 2.45. The Kier molecular flexibility index (Phi) is 4.25. The second kappa shape index (κ2) is 5.47. The van der Waals surface area contributed by atoms with E-state index in [2.05, 4.69) is 10.3 Å². The van der Waals surface area contributed by atoms with E-state index in [1.807, 2.05) is 20.8 Å². The van der Waals surface area contributed by atoms with Crippen molar-refractivity contribution in [3.8, 4) is 5.88 Å². The Hall–Kier alpha value is -1.85. The van der Waals surface area contributed by atoms with Gasteiger partial charge in [0.15, 0.2) is 0 Å². The molecular weight excluding hydrogens is 222 g/mol. The monoisotopic (exact) mass is 239 g/mol. The molecule has 1 N–H and O–H groups in total. The molecule has 1 aromatic heterocycles. The molecule has 0 saturated carbocycles. The number of aromatic nitrogens is 1. The average Bonchev–Trinajstić information content (AvgIpc) is 2.28. The second-order valence-corrected chi connectivity index (χ2v) is 4.09. The summed E-state index contributed by atoms with van der Waals surface area (Å²) in [5.74, 6) is 0.860. The van der Waals surface area contributed by atoms with E-state index in [-0.39, 0.29) is 23.6 Å². The molecule has 0 aliphatic rings. The van der Waals surface area contributed by atoms with Crippen LogP contribution in [0.3, 0.4) is 0 Å². The van der Waals surface area contributed by atoms with Gasteiger partial charge in [0.1, 0.15) is 11.9 Å². The minimum absolute atomic E-state index is 0.0584. The summed E-state index contributed by atoms with van der Waals surface area (Å²) in [7, 11) is 1.70. The maximum atomic E-state index is 10.8. The van der Waals surface area contributed by atoms with Crippen LogP contribution < -0.4 is 10.1 Å². The van der Waals surface area contributed by atoms with E-state index in [9.17, 15) is 10.1 Å². The van der Waals surface area contributed by atoms with Gasteiger partial charge in [0.2, 0.25) is 0 Å². The minimum atomic E-state index is -0.491. The minimum Gasteiger partial charge on any atom is -0.469 e. The molecule has 1 aromatic rings. The summed E-state index contributed by atoms with van der Waals surface area (Å²) in [6.07, 6.45) is -0.131. The number of pyridine rings is 1. The molecule has 1 rings (SSSR count). The van der Waals surface area contributed by atoms with Crippen LogP contribution in [0.2, 0.25) is 0 Å². The molecule has 6 heteroatoms. The van der Waals surface area contributed by atoms with Crippen molar-refractivity contribution in [1.29, 1.82) is 0 Å². The summed E-state index contributed by atoms with van der Waals surface area (Å²) < 4.78 is 5.52. The average molecular weight is 239 g/mol. The first-order chi connectivity index (χ1) is 7.95. The van der Waals surface area contributed by atoms with Crippen molar-refractivity contribution in [2.75, 3.05) is 12.4 Å². The summed E-state index contributed by atoms with van der Waals surface area (Å²) in [6.45, 7) is 5.83. The molecule has 0 aromatic carbocycles. The topological polar surface area (TPSA) is 77.3 Å². The van der Waals surface area contributed by atoms with Crippen molar-refractivity contribution in [3.05, 3.63) is 22.2 Å². The van der Waals surface area contributed by atoms with Gasteiger partial charge in [0.25, 0.3) is 5.88 Å². The largest absolute Gasteiger partial charge is 0.469 e. The van der Waals surface area contributed by atoms with Crippen LogP contribution in [0.15, 0.2) is 12.1 Å². The van der Waals surface area contributed by atoms with Gasteiger partial charge in [-0.05, 0) is 18.9 Å². The Bertz CT molecular complexity index is 407. The number of hydrogen-bond acceptors (Lipinski definition) is 5. The van der Waals surface area contributed by atoms with Crippen molar-refractivity contribution >= 4 is 11.5 Å². The molecule has 0 saturated heterocycles. The van der Waals surface area contributed by atoms with Gasteiger partial charge in [0, 0.05) is 13.1 Å². The predicted molar refractivity (Wildman–Crippen MR) is 65.4 cm³/mol. The fourth-order valence-corrected chi connectivity index (χ4v) is 1.11. The van der Waals surface area contributed by atoms with E-state index >= 15 is 0 Å². The van der Waals surface area contributed by atoms with E-state index < -0.39 is 4.92 Å². The highest BCUT2D eigenvalue weighted by Gasteiger charge is 2.20. The maximum Gasteiger partial charge on any atom is 0.331 e. The lowest BCUT2D eigenvalue weighted by atomic mass is 10.1. The quantitative estimate of drug-likeness (QED) is 0.630. The number of anilines is 1. The molecule has 0 radical (unpaired) electrons. The number of nitro groups is 1. The van der Waals surface area contributed by atoms with Crippen LogP contribution in [0.4, 0.5) is 11.5 Å². The smallest absolute Gasteiger partial charge is 0.331 e. The zero-order valence-corrected chi connectivity index (χ0v) is 10.4. The third-order valence-corrected chi connectivity index (χ3v) is 2.53. The van der Waals surface area contributed by atoms with Gasteiger partial charge < -0.3 is 10.1 Å². The van der Waals surface area contributed by atoms with E-state index in [0.717, 1.165) is 0 Å². The molecule has 17 heavy (non-hydrogen) atoms. The maximum absolute atomic E-state index is 10.8. The van der Waals surface area contributed by atoms with Crippen LogP contribution in [0, 0.1) is 16.0 Å². The van der Waals surface area contributed by atoms with Crippen LogP contribution in [-0.2, 0) is 0 Å². The third-order valence-electron chi connectivity index (χ3n) is 2.53. The fraction of sp³-hybridized carbons (Fsp3) is 0.545. The Morgan fingerprint density at radius 1 is 1.41 bits per heavy atom. The summed E-state index contributed by atoms with van der Waals surface area (Å²) in [4.78, 5) is 14.4. The molecule has 0 bridgehead atoms. The highest BCUT2D eigenvalue weighted by molar-refractivity contribution is 5.48. The van der Waals surface area contributed by atoms with Gasteiger partial charge in [-0.3, -0.25) is 10.1 Å². The Morgan fingerprint density at radius 3 is 2.53 bits per heavy atom. The molecule has 0 fully saturated rings. The molecule has 6 nitrogen and oxygen atoms in total. The van der Waals surface area contributed by atoms with Crippen molar-refractivity contribution < 1.29 is 9.66 Å². The lowest BCUT2D eigenvalue weighted by molar-refractivity contribution is -0.386. The molecule has 1 unspecified atom stereocenters. The SMILES string of the molecule is CNc1ccc([N+](=O)[O-])c(OC(C)C(C)C)n1. The summed E-state index contributed by atoms with van der Waals surface area (Å²) in [5, 5.41) is 13.7. The molecule has 1 atom stereocenters. The molecule has 0 aliphatic carbocycles. The highest BCUT2D eigenvalue weighted by atomic mass is 16.6. The number of rotatable bonds is 5. The Morgan fingerprint density at radius 2 is 2.06 bits per heavy atom. The van der Waals surface area contributed by atoms with E-state index in [0.29, 0.717) is 5.82 Å². The van der Waals surface area contributed by atoms with Crippen molar-refractivity contribution in [1.82, 2.24) is 4.98 Å². The standard InChI is InChI=1S/C11H17N3O3/c1-7(2)8(3)17-11-9(14(15)16)5-6-10(12-4)13-11/h5-8H,1-4H3,(H,12,13). The van der Waals surface area contributed by atoms with Gasteiger partial charge in [-0.15, -0.1) is 0 Å². The van der Waals surface area contributed by atoms with Crippen molar-refractivity contribution in [2.24, 2.45) is 5.92 Å². The zero-order valence-electron chi connectivity index (χ0n) is 10.4. The Labute approximate surface area is 100 Å². The molecule has 94 valence electrons. The number of nitrogens with zero attached hydrogens (tertiary/aromatic N) is 2. The van der Waals surface area contributed by atoms with Crippen molar-refractivity contribution in [3.63, 3.8) is 0 Å². The van der Waals surface area contributed by atoms with Gasteiger partial charge in [0.05, 0.1) is 4.92 Å². The lowest BCUT2D eigenvalue weighted by Crippen LogP contribution is -2.20. The number of nitrogens with one attached hydrogen (secondary N) is 1. The summed E-state index contributed by atoms with van der Waals surface area (Å²) >= 11 is 0. The third kappa shape index (κ3) is 3.30. The first-order valence-electron chi connectivity index (χ1n) is 5.45. The molecular formula is C11H17N3O3. The van der Waals surface area contributed by atoms with E-state index in [1.54, 1.807) is 13.1 Å². The lowest BCUT2D eigenvalue weighted by Gasteiger charge is -2.17.